The molecule has 7 heteroatoms. The summed E-state index contributed by atoms with van der Waals surface area (Å²) < 4.78 is 8.25. The van der Waals surface area contributed by atoms with Gasteiger partial charge in [0.2, 0.25) is 0 Å². The highest BCUT2D eigenvalue weighted by Gasteiger charge is 2.22. The third kappa shape index (κ3) is 2.26. The lowest BCUT2D eigenvalue weighted by Gasteiger charge is -2.06. The Morgan fingerprint density at radius 1 is 1.50 bits per heavy atom. The normalized spacial score (nSPS) is 11.1. The molecule has 2 N–H and O–H groups in total. The number of nitrogens with two attached hydrogens (primary N) is 1. The van der Waals surface area contributed by atoms with Crippen molar-refractivity contribution in [3.63, 3.8) is 0 Å². The van der Waals surface area contributed by atoms with E-state index in [1.165, 1.54) is 7.11 Å². The Bertz CT molecular complexity index is 627. The van der Waals surface area contributed by atoms with E-state index in [4.69, 9.17) is 10.5 Å². The molecule has 0 aliphatic heterocycles. The second-order valence-electron chi connectivity index (χ2n) is 4.71. The van der Waals surface area contributed by atoms with Gasteiger partial charge in [0.1, 0.15) is 11.6 Å². The van der Waals surface area contributed by atoms with Crippen molar-refractivity contribution in [2.45, 2.75) is 33.2 Å². The lowest BCUT2D eigenvalue weighted by atomic mass is 10.4. The second kappa shape index (κ2) is 5.36. The van der Waals surface area contributed by atoms with Crippen molar-refractivity contribution in [3.8, 4) is 5.69 Å². The third-order valence-electron chi connectivity index (χ3n) is 3.05. The highest BCUT2D eigenvalue weighted by molar-refractivity contribution is 5.92. The van der Waals surface area contributed by atoms with Gasteiger partial charge in [-0.1, -0.05) is 6.92 Å². The number of aryl methyl sites for hydroxylation is 1. The number of aromatic nitrogens is 4. The van der Waals surface area contributed by atoms with Crippen molar-refractivity contribution in [3.05, 3.63) is 23.9 Å². The maximum atomic E-state index is 11.7. The predicted molar refractivity (Wildman–Crippen MR) is 74.9 cm³/mol. The Kier molecular flexibility index (Phi) is 3.78. The van der Waals surface area contributed by atoms with Crippen LogP contribution < -0.4 is 5.73 Å². The van der Waals surface area contributed by atoms with Crippen molar-refractivity contribution >= 4 is 11.8 Å². The molecule has 0 saturated heterocycles. The summed E-state index contributed by atoms with van der Waals surface area (Å²) in [7, 11) is 1.31. The molecular formula is C13H19N5O2. The van der Waals surface area contributed by atoms with Gasteiger partial charge in [0.05, 0.1) is 19.0 Å². The quantitative estimate of drug-likeness (QED) is 0.857. The molecule has 0 aromatic carbocycles. The van der Waals surface area contributed by atoms with E-state index in [0.29, 0.717) is 12.2 Å². The van der Waals surface area contributed by atoms with E-state index in [1.54, 1.807) is 10.8 Å². The molecular weight excluding hydrogens is 258 g/mol. The maximum absolute atomic E-state index is 11.7. The van der Waals surface area contributed by atoms with Crippen LogP contribution in [0.2, 0.25) is 0 Å². The Balaban J connectivity index is 2.54. The van der Waals surface area contributed by atoms with Crippen LogP contribution >= 0.6 is 0 Å². The number of imidazole rings is 1. The number of rotatable bonds is 4. The highest BCUT2D eigenvalue weighted by atomic mass is 16.5. The molecule has 0 aliphatic carbocycles. The zero-order chi connectivity index (χ0) is 14.9. The Morgan fingerprint density at radius 3 is 2.70 bits per heavy atom. The van der Waals surface area contributed by atoms with E-state index in [0.717, 1.165) is 5.69 Å². The first-order chi connectivity index (χ1) is 9.49. The minimum atomic E-state index is -0.535. The molecule has 0 spiro atoms. The fourth-order valence-corrected chi connectivity index (χ4v) is 1.98. The topological polar surface area (TPSA) is 88.0 Å². The summed E-state index contributed by atoms with van der Waals surface area (Å²) in [5, 5.41) is 4.28. The molecule has 2 heterocycles. The van der Waals surface area contributed by atoms with E-state index in [1.807, 2.05) is 31.6 Å². The van der Waals surface area contributed by atoms with Gasteiger partial charge >= 0.3 is 5.97 Å². The number of nitrogens with zero attached hydrogens (tertiary/aromatic N) is 4. The van der Waals surface area contributed by atoms with Gasteiger partial charge in [-0.3, -0.25) is 9.25 Å². The largest absolute Gasteiger partial charge is 0.464 e. The maximum Gasteiger partial charge on any atom is 0.360 e. The smallest absolute Gasteiger partial charge is 0.360 e. The number of anilines is 1. The van der Waals surface area contributed by atoms with E-state index >= 15 is 0 Å². The van der Waals surface area contributed by atoms with Gasteiger partial charge in [0.25, 0.3) is 0 Å². The summed E-state index contributed by atoms with van der Waals surface area (Å²) in [6.45, 7) is 6.02. The molecule has 0 atom stereocenters. The summed E-state index contributed by atoms with van der Waals surface area (Å²) in [5.74, 6) is 0.440. The zero-order valence-corrected chi connectivity index (χ0v) is 12.1. The molecule has 0 amide bonds. The molecule has 0 fully saturated rings. The van der Waals surface area contributed by atoms with Crippen LogP contribution in [0.5, 0.6) is 0 Å². The SMILES string of the molecule is CCc1nc(C(=O)OC)c(N)n1-c1cnn(C(C)C)c1. The van der Waals surface area contributed by atoms with E-state index in [9.17, 15) is 4.79 Å². The van der Waals surface area contributed by atoms with Gasteiger partial charge in [-0.05, 0) is 13.8 Å². The summed E-state index contributed by atoms with van der Waals surface area (Å²) in [5.41, 5.74) is 6.96. The first-order valence-electron chi connectivity index (χ1n) is 6.49. The van der Waals surface area contributed by atoms with E-state index < -0.39 is 5.97 Å². The van der Waals surface area contributed by atoms with Crippen LogP contribution in [-0.2, 0) is 11.2 Å². The third-order valence-corrected chi connectivity index (χ3v) is 3.05. The lowest BCUT2D eigenvalue weighted by Crippen LogP contribution is -2.08. The minimum Gasteiger partial charge on any atom is -0.464 e. The molecule has 108 valence electrons. The van der Waals surface area contributed by atoms with Crippen molar-refractivity contribution in [1.82, 2.24) is 19.3 Å². The Hall–Kier alpha value is -2.31. The van der Waals surface area contributed by atoms with E-state index in [-0.39, 0.29) is 17.6 Å². The number of hydrogen-bond acceptors (Lipinski definition) is 5. The van der Waals surface area contributed by atoms with Crippen LogP contribution in [0.4, 0.5) is 5.82 Å². The number of esters is 1. The number of nitrogen functional groups attached to an aromatic ring is 1. The van der Waals surface area contributed by atoms with E-state index in [2.05, 4.69) is 10.1 Å². The molecule has 0 bridgehead atoms. The molecule has 0 saturated carbocycles. The Morgan fingerprint density at radius 2 is 2.20 bits per heavy atom. The van der Waals surface area contributed by atoms with Crippen molar-refractivity contribution < 1.29 is 9.53 Å². The zero-order valence-electron chi connectivity index (χ0n) is 12.1. The van der Waals surface area contributed by atoms with Crippen LogP contribution in [0.15, 0.2) is 12.4 Å². The fourth-order valence-electron chi connectivity index (χ4n) is 1.98. The first-order valence-corrected chi connectivity index (χ1v) is 6.49. The number of carbonyl (C=O) groups is 1. The van der Waals surface area contributed by atoms with Gasteiger partial charge in [-0.25, -0.2) is 9.78 Å². The average molecular weight is 277 g/mol. The molecule has 7 nitrogen and oxygen atoms in total. The Labute approximate surface area is 117 Å². The van der Waals surface area contributed by atoms with Crippen LogP contribution in [0, 0.1) is 0 Å². The fraction of sp³-hybridized carbons (Fsp3) is 0.462. The van der Waals surface area contributed by atoms with Crippen LogP contribution in [0.1, 0.15) is 43.1 Å². The highest BCUT2D eigenvalue weighted by Crippen LogP contribution is 2.22. The lowest BCUT2D eigenvalue weighted by molar-refractivity contribution is 0.0596. The number of methoxy groups -OCH3 is 1. The van der Waals surface area contributed by atoms with Crippen LogP contribution in [0.25, 0.3) is 5.69 Å². The van der Waals surface area contributed by atoms with Crippen LogP contribution in [0.3, 0.4) is 0 Å². The molecule has 20 heavy (non-hydrogen) atoms. The summed E-state index contributed by atoms with van der Waals surface area (Å²) in [6.07, 6.45) is 4.23. The number of hydrogen-bond donors (Lipinski definition) is 1. The molecule has 0 unspecified atom stereocenters. The number of ether oxygens (including phenoxy) is 1. The van der Waals surface area contributed by atoms with Crippen molar-refractivity contribution in [2.24, 2.45) is 0 Å². The molecule has 0 aliphatic rings. The molecule has 0 radical (unpaired) electrons. The van der Waals surface area contributed by atoms with Crippen LogP contribution in [-0.4, -0.2) is 32.4 Å². The average Bonchev–Trinajstić information content (AvgIpc) is 3.02. The summed E-state index contributed by atoms with van der Waals surface area (Å²) >= 11 is 0. The summed E-state index contributed by atoms with van der Waals surface area (Å²) in [6, 6.07) is 0.249. The van der Waals surface area contributed by atoms with Gasteiger partial charge < -0.3 is 10.5 Å². The van der Waals surface area contributed by atoms with Gasteiger partial charge in [0, 0.05) is 18.7 Å². The summed E-state index contributed by atoms with van der Waals surface area (Å²) in [4.78, 5) is 15.9. The first kappa shape index (κ1) is 14.1. The van der Waals surface area contributed by atoms with Crippen molar-refractivity contribution in [1.29, 1.82) is 0 Å². The van der Waals surface area contributed by atoms with Gasteiger partial charge in [-0.2, -0.15) is 5.10 Å². The second-order valence-corrected chi connectivity index (χ2v) is 4.71. The molecule has 2 rings (SSSR count). The number of carbonyl (C=O) groups excluding carboxylic acids is 1. The molecule has 2 aromatic heterocycles. The van der Waals surface area contributed by atoms with Gasteiger partial charge in [-0.15, -0.1) is 0 Å². The minimum absolute atomic E-state index is 0.140. The molecule has 2 aromatic rings. The monoisotopic (exact) mass is 277 g/mol. The predicted octanol–water partition coefficient (Wildman–Crippen LogP) is 1.58. The van der Waals surface area contributed by atoms with Gasteiger partial charge in [0.15, 0.2) is 5.69 Å². The standard InChI is InChI=1S/C13H19N5O2/c1-5-10-16-11(13(19)20-4)12(14)18(10)9-6-15-17(7-9)8(2)3/h6-8H,5,14H2,1-4H3. The van der Waals surface area contributed by atoms with Crippen molar-refractivity contribution in [2.75, 3.05) is 12.8 Å².